The summed E-state index contributed by atoms with van der Waals surface area (Å²) in [5, 5.41) is 0. The van der Waals surface area contributed by atoms with E-state index in [1.54, 1.807) is 18.2 Å². The highest BCUT2D eigenvalue weighted by Gasteiger charge is 2.07. The highest BCUT2D eigenvalue weighted by molar-refractivity contribution is 9.10. The van der Waals surface area contributed by atoms with E-state index in [0.29, 0.717) is 10.2 Å². The van der Waals surface area contributed by atoms with E-state index >= 15 is 0 Å². The topological polar surface area (TPSA) is 46.2 Å². The lowest BCUT2D eigenvalue weighted by atomic mass is 10.2. The van der Waals surface area contributed by atoms with Gasteiger partial charge in [0.1, 0.15) is 0 Å². The molecule has 0 unspecified atom stereocenters. The predicted octanol–water partition coefficient (Wildman–Crippen LogP) is 2.65. The zero-order valence-electron chi connectivity index (χ0n) is 6.71. The van der Waals surface area contributed by atoms with Crippen LogP contribution in [0.2, 0.25) is 0 Å². The summed E-state index contributed by atoms with van der Waals surface area (Å²) in [7, 11) is 1.30. The van der Waals surface area contributed by atoms with Crippen molar-refractivity contribution in [3.8, 4) is 0 Å². The standard InChI is InChI=1S/C7H7BrClNO2S/c1-5-2-3-7(6(8)4-5)10-13(9,11)12/h2-4,10H,1H3. The summed E-state index contributed by atoms with van der Waals surface area (Å²) in [5.41, 5.74) is 1.46. The average molecular weight is 285 g/mol. The van der Waals surface area contributed by atoms with Crippen molar-refractivity contribution in [3.05, 3.63) is 28.2 Å². The fraction of sp³-hybridized carbons (Fsp3) is 0.143. The Balaban J connectivity index is 3.04. The van der Waals surface area contributed by atoms with E-state index in [1.807, 2.05) is 6.92 Å². The van der Waals surface area contributed by atoms with Gasteiger partial charge in [-0.3, -0.25) is 4.72 Å². The van der Waals surface area contributed by atoms with Crippen LogP contribution in [0.1, 0.15) is 5.56 Å². The molecule has 3 nitrogen and oxygen atoms in total. The first-order chi connectivity index (χ1) is 5.88. The van der Waals surface area contributed by atoms with Crippen LogP contribution in [-0.4, -0.2) is 8.42 Å². The number of nitrogens with one attached hydrogen (secondary N) is 1. The Labute approximate surface area is 89.8 Å². The Morgan fingerprint density at radius 2 is 2.08 bits per heavy atom. The van der Waals surface area contributed by atoms with Gasteiger partial charge in [-0.1, -0.05) is 6.07 Å². The van der Waals surface area contributed by atoms with E-state index in [4.69, 9.17) is 10.7 Å². The minimum Gasteiger partial charge on any atom is -0.270 e. The largest absolute Gasteiger partial charge is 0.319 e. The molecule has 0 heterocycles. The van der Waals surface area contributed by atoms with Crippen LogP contribution < -0.4 is 4.72 Å². The Bertz CT molecular complexity index is 419. The molecule has 13 heavy (non-hydrogen) atoms. The molecule has 0 aromatic heterocycles. The molecule has 72 valence electrons. The lowest BCUT2D eigenvalue weighted by Crippen LogP contribution is -2.04. The fourth-order valence-electron chi connectivity index (χ4n) is 0.834. The molecule has 0 aliphatic carbocycles. The molecule has 1 rings (SSSR count). The molecule has 0 atom stereocenters. The van der Waals surface area contributed by atoms with E-state index in [-0.39, 0.29) is 0 Å². The number of anilines is 1. The van der Waals surface area contributed by atoms with Crippen LogP contribution in [0.4, 0.5) is 5.69 Å². The van der Waals surface area contributed by atoms with Crippen molar-refractivity contribution in [2.75, 3.05) is 4.72 Å². The van der Waals surface area contributed by atoms with Gasteiger partial charge in [0.2, 0.25) is 0 Å². The highest BCUT2D eigenvalue weighted by Crippen LogP contribution is 2.24. The number of benzene rings is 1. The number of hydrogen-bond acceptors (Lipinski definition) is 2. The molecule has 1 aromatic rings. The maximum Gasteiger partial charge on any atom is 0.319 e. The smallest absolute Gasteiger partial charge is 0.270 e. The van der Waals surface area contributed by atoms with Gasteiger partial charge in [0.15, 0.2) is 0 Å². The molecular weight excluding hydrogens is 278 g/mol. The summed E-state index contributed by atoms with van der Waals surface area (Å²) in [4.78, 5) is 0. The fourth-order valence-corrected chi connectivity index (χ4v) is 2.25. The Kier molecular flexibility index (Phi) is 3.21. The van der Waals surface area contributed by atoms with Gasteiger partial charge >= 0.3 is 9.24 Å². The first-order valence-electron chi connectivity index (χ1n) is 3.37. The maximum absolute atomic E-state index is 10.7. The van der Waals surface area contributed by atoms with Gasteiger partial charge in [-0.05, 0) is 40.5 Å². The third-order valence-corrected chi connectivity index (χ3v) is 2.71. The number of hydrogen-bond donors (Lipinski definition) is 1. The molecule has 1 aromatic carbocycles. The summed E-state index contributed by atoms with van der Waals surface area (Å²) in [6.07, 6.45) is 0. The van der Waals surface area contributed by atoms with Gasteiger partial charge in [0, 0.05) is 15.2 Å². The number of aryl methyl sites for hydroxylation is 1. The zero-order chi connectivity index (χ0) is 10.1. The third kappa shape index (κ3) is 3.54. The summed E-state index contributed by atoms with van der Waals surface area (Å²) in [6.45, 7) is 1.91. The Morgan fingerprint density at radius 3 is 2.54 bits per heavy atom. The maximum atomic E-state index is 10.7. The summed E-state index contributed by atoms with van der Waals surface area (Å²) in [5.74, 6) is 0. The summed E-state index contributed by atoms with van der Waals surface area (Å²) in [6, 6.07) is 5.22. The first-order valence-corrected chi connectivity index (χ1v) is 6.47. The predicted molar refractivity (Wildman–Crippen MR) is 57.3 cm³/mol. The summed E-state index contributed by atoms with van der Waals surface area (Å²) >= 11 is 3.21. The second-order valence-corrected chi connectivity index (χ2v) is 5.68. The van der Waals surface area contributed by atoms with Crippen LogP contribution >= 0.6 is 26.6 Å². The van der Waals surface area contributed by atoms with Gasteiger partial charge in [0.05, 0.1) is 5.69 Å². The highest BCUT2D eigenvalue weighted by atomic mass is 79.9. The van der Waals surface area contributed by atoms with Gasteiger partial charge in [0.25, 0.3) is 0 Å². The minimum atomic E-state index is -3.72. The molecule has 0 amide bonds. The molecule has 0 fully saturated rings. The number of rotatable bonds is 2. The second-order valence-electron chi connectivity index (χ2n) is 2.52. The first kappa shape index (κ1) is 10.8. The van der Waals surface area contributed by atoms with Gasteiger partial charge < -0.3 is 0 Å². The van der Waals surface area contributed by atoms with Crippen molar-refractivity contribution in [1.82, 2.24) is 0 Å². The Hall–Kier alpha value is -0.260. The van der Waals surface area contributed by atoms with Crippen LogP contribution in [0.3, 0.4) is 0 Å². The van der Waals surface area contributed by atoms with Crippen molar-refractivity contribution in [1.29, 1.82) is 0 Å². The van der Waals surface area contributed by atoms with Crippen molar-refractivity contribution >= 4 is 41.5 Å². The van der Waals surface area contributed by atoms with Crippen LogP contribution in [0.5, 0.6) is 0 Å². The van der Waals surface area contributed by atoms with Gasteiger partial charge in [-0.15, -0.1) is 0 Å². The van der Waals surface area contributed by atoms with Crippen LogP contribution in [0.25, 0.3) is 0 Å². The van der Waals surface area contributed by atoms with Crippen molar-refractivity contribution < 1.29 is 8.42 Å². The molecule has 0 saturated carbocycles. The zero-order valence-corrected chi connectivity index (χ0v) is 9.87. The molecule has 0 spiro atoms. The SMILES string of the molecule is Cc1ccc(NS(=O)(=O)Cl)c(Br)c1. The van der Waals surface area contributed by atoms with E-state index in [9.17, 15) is 8.42 Å². The van der Waals surface area contributed by atoms with Gasteiger partial charge in [-0.25, -0.2) is 0 Å². The third-order valence-electron chi connectivity index (χ3n) is 1.36. The minimum absolute atomic E-state index is 0.431. The van der Waals surface area contributed by atoms with Crippen LogP contribution in [-0.2, 0) is 9.24 Å². The van der Waals surface area contributed by atoms with Crippen LogP contribution in [0, 0.1) is 6.92 Å². The quantitative estimate of drug-likeness (QED) is 0.849. The van der Waals surface area contributed by atoms with E-state index in [2.05, 4.69) is 20.7 Å². The van der Waals surface area contributed by atoms with E-state index in [1.165, 1.54) is 0 Å². The molecule has 0 aliphatic heterocycles. The monoisotopic (exact) mass is 283 g/mol. The summed E-state index contributed by atoms with van der Waals surface area (Å²) < 4.78 is 24.2. The number of halogens is 2. The average Bonchev–Trinajstić information content (AvgIpc) is 1.93. The van der Waals surface area contributed by atoms with E-state index in [0.717, 1.165) is 5.56 Å². The molecule has 0 saturated heterocycles. The van der Waals surface area contributed by atoms with Crippen LogP contribution in [0.15, 0.2) is 22.7 Å². The normalized spacial score (nSPS) is 11.3. The van der Waals surface area contributed by atoms with Gasteiger partial charge in [-0.2, -0.15) is 8.42 Å². The van der Waals surface area contributed by atoms with E-state index < -0.39 is 9.24 Å². The lowest BCUT2D eigenvalue weighted by Gasteiger charge is -2.04. The second kappa shape index (κ2) is 3.86. The molecule has 0 aliphatic rings. The molecule has 0 bridgehead atoms. The Morgan fingerprint density at radius 1 is 1.46 bits per heavy atom. The van der Waals surface area contributed by atoms with Crippen molar-refractivity contribution in [3.63, 3.8) is 0 Å². The van der Waals surface area contributed by atoms with Crippen molar-refractivity contribution in [2.24, 2.45) is 0 Å². The molecular formula is C7H7BrClNO2S. The molecule has 1 N–H and O–H groups in total. The van der Waals surface area contributed by atoms with Crippen molar-refractivity contribution in [2.45, 2.75) is 6.92 Å². The molecule has 0 radical (unpaired) electrons. The lowest BCUT2D eigenvalue weighted by molar-refractivity contribution is 0.614. The molecule has 6 heteroatoms.